The largest absolute Gasteiger partial charge is 0.466 e. The number of ketones is 1. The van der Waals surface area contributed by atoms with Crippen LogP contribution in [0.4, 0.5) is 0 Å². The van der Waals surface area contributed by atoms with Gasteiger partial charge in [0.05, 0.1) is 6.61 Å². The van der Waals surface area contributed by atoms with Crippen LogP contribution in [0, 0.1) is 12.8 Å². The van der Waals surface area contributed by atoms with E-state index in [4.69, 9.17) is 4.74 Å². The number of ether oxygens (including phenoxy) is 1. The zero-order valence-corrected chi connectivity index (χ0v) is 18.5. The van der Waals surface area contributed by atoms with Gasteiger partial charge in [0.15, 0.2) is 5.78 Å². The fraction of sp³-hybridized carbons (Fsp3) is 0.480. The van der Waals surface area contributed by atoms with Gasteiger partial charge in [0.25, 0.3) is 0 Å². The van der Waals surface area contributed by atoms with E-state index in [-0.39, 0.29) is 17.7 Å². The van der Waals surface area contributed by atoms with E-state index in [1.165, 1.54) is 5.69 Å². The predicted octanol–water partition coefficient (Wildman–Crippen LogP) is 4.72. The highest BCUT2D eigenvalue weighted by molar-refractivity contribution is 6.11. The first-order valence-electron chi connectivity index (χ1n) is 11.4. The molecule has 0 amide bonds. The molecule has 0 radical (unpaired) electrons. The zero-order chi connectivity index (χ0) is 21.8. The second kappa shape index (κ2) is 9.50. The molecule has 0 fully saturated rings. The van der Waals surface area contributed by atoms with Crippen molar-refractivity contribution in [1.82, 2.24) is 14.1 Å². The molecule has 4 rings (SSSR count). The quantitative estimate of drug-likeness (QED) is 0.371. The Morgan fingerprint density at radius 2 is 2.06 bits per heavy atom. The van der Waals surface area contributed by atoms with Gasteiger partial charge in [-0.25, -0.2) is 4.98 Å². The first-order chi connectivity index (χ1) is 15.1. The SMILES string of the molecule is CCOC(=O)CCCCCn1c2c(c3ccccc31)C(=O)C(Cn1ccnc1C)CC2. The highest BCUT2D eigenvalue weighted by Gasteiger charge is 2.32. The predicted molar refractivity (Wildman–Crippen MR) is 120 cm³/mol. The Hall–Kier alpha value is -2.89. The van der Waals surface area contributed by atoms with Crippen LogP contribution in [-0.2, 0) is 29.0 Å². The maximum atomic E-state index is 13.5. The van der Waals surface area contributed by atoms with Gasteiger partial charge < -0.3 is 13.9 Å². The molecule has 2 heterocycles. The molecule has 0 saturated carbocycles. The number of carbonyl (C=O) groups is 2. The van der Waals surface area contributed by atoms with E-state index in [2.05, 4.69) is 26.3 Å². The molecule has 3 aromatic rings. The number of fused-ring (bicyclic) bond motifs is 3. The molecule has 0 aliphatic heterocycles. The molecule has 1 aliphatic rings. The fourth-order valence-electron chi connectivity index (χ4n) is 4.75. The third-order valence-corrected chi connectivity index (χ3v) is 6.33. The third-order valence-electron chi connectivity index (χ3n) is 6.33. The number of hydrogen-bond donors (Lipinski definition) is 0. The van der Waals surface area contributed by atoms with E-state index >= 15 is 0 Å². The summed E-state index contributed by atoms with van der Waals surface area (Å²) in [5, 5.41) is 1.07. The van der Waals surface area contributed by atoms with Crippen molar-refractivity contribution in [1.29, 1.82) is 0 Å². The molecular weight excluding hydrogens is 390 g/mol. The Kier molecular flexibility index (Phi) is 6.54. The van der Waals surface area contributed by atoms with E-state index < -0.39 is 0 Å². The number of aryl methyl sites for hydroxylation is 2. The molecule has 1 aliphatic carbocycles. The normalized spacial score (nSPS) is 15.9. The highest BCUT2D eigenvalue weighted by atomic mass is 16.5. The number of unbranched alkanes of at least 4 members (excludes halogenated alkanes) is 2. The summed E-state index contributed by atoms with van der Waals surface area (Å²) in [6, 6.07) is 8.26. The lowest BCUT2D eigenvalue weighted by Gasteiger charge is -2.23. The topological polar surface area (TPSA) is 66.1 Å². The van der Waals surface area contributed by atoms with Crippen molar-refractivity contribution in [3.8, 4) is 0 Å². The molecular formula is C25H31N3O3. The number of para-hydroxylation sites is 1. The van der Waals surface area contributed by atoms with Crippen LogP contribution in [-0.4, -0.2) is 32.5 Å². The lowest BCUT2D eigenvalue weighted by atomic mass is 9.85. The van der Waals surface area contributed by atoms with Crippen LogP contribution in [0.15, 0.2) is 36.7 Å². The molecule has 0 saturated heterocycles. The van der Waals surface area contributed by atoms with Crippen LogP contribution in [0.1, 0.15) is 60.9 Å². The molecule has 1 unspecified atom stereocenters. The number of carbonyl (C=O) groups excluding carboxylic acids is 2. The molecule has 0 spiro atoms. The van der Waals surface area contributed by atoms with Crippen molar-refractivity contribution >= 4 is 22.7 Å². The molecule has 1 aromatic carbocycles. The Morgan fingerprint density at radius 1 is 1.23 bits per heavy atom. The maximum absolute atomic E-state index is 13.5. The van der Waals surface area contributed by atoms with Gasteiger partial charge in [-0.15, -0.1) is 0 Å². The van der Waals surface area contributed by atoms with Crippen molar-refractivity contribution < 1.29 is 14.3 Å². The number of imidazole rings is 1. The summed E-state index contributed by atoms with van der Waals surface area (Å²) < 4.78 is 9.42. The maximum Gasteiger partial charge on any atom is 0.305 e. The van der Waals surface area contributed by atoms with Crippen molar-refractivity contribution in [2.24, 2.45) is 5.92 Å². The van der Waals surface area contributed by atoms with Gasteiger partial charge in [-0.3, -0.25) is 9.59 Å². The number of esters is 1. The smallest absolute Gasteiger partial charge is 0.305 e. The van der Waals surface area contributed by atoms with E-state index in [1.807, 2.05) is 32.2 Å². The summed E-state index contributed by atoms with van der Waals surface area (Å²) in [5.41, 5.74) is 3.23. The van der Waals surface area contributed by atoms with E-state index in [0.717, 1.165) is 60.9 Å². The van der Waals surface area contributed by atoms with E-state index in [1.54, 1.807) is 6.20 Å². The Labute approximate surface area is 183 Å². The van der Waals surface area contributed by atoms with Crippen LogP contribution >= 0.6 is 0 Å². The van der Waals surface area contributed by atoms with Gasteiger partial charge in [-0.1, -0.05) is 24.6 Å². The van der Waals surface area contributed by atoms with Crippen LogP contribution in [0.3, 0.4) is 0 Å². The Balaban J connectivity index is 1.50. The number of nitrogens with zero attached hydrogens (tertiary/aromatic N) is 3. The van der Waals surface area contributed by atoms with Gasteiger partial charge in [-0.05, 0) is 45.6 Å². The number of aromatic nitrogens is 3. The summed E-state index contributed by atoms with van der Waals surface area (Å²) in [7, 11) is 0. The number of benzene rings is 1. The second-order valence-electron chi connectivity index (χ2n) is 8.33. The third kappa shape index (κ3) is 4.43. The van der Waals surface area contributed by atoms with Gasteiger partial charge in [0, 0.05) is 60.0 Å². The first-order valence-corrected chi connectivity index (χ1v) is 11.4. The minimum Gasteiger partial charge on any atom is -0.466 e. The standard InChI is InChI=1S/C25H31N3O3/c1-3-31-23(29)11-5-4-8-15-28-21-10-7-6-9-20(21)24-22(28)13-12-19(25(24)30)17-27-16-14-26-18(27)2/h6-7,9-10,14,16,19H,3-5,8,11-13,15,17H2,1-2H3. The van der Waals surface area contributed by atoms with Gasteiger partial charge in [0.1, 0.15) is 5.82 Å². The molecule has 2 aromatic heterocycles. The number of rotatable bonds is 9. The van der Waals surface area contributed by atoms with Crippen molar-refractivity contribution in [3.63, 3.8) is 0 Å². The molecule has 0 N–H and O–H groups in total. The summed E-state index contributed by atoms with van der Waals surface area (Å²) in [5.74, 6) is 1.08. The van der Waals surface area contributed by atoms with Gasteiger partial charge in [0.2, 0.25) is 0 Å². The average molecular weight is 422 g/mol. The van der Waals surface area contributed by atoms with Crippen molar-refractivity contribution in [2.45, 2.75) is 65.5 Å². The molecule has 6 nitrogen and oxygen atoms in total. The van der Waals surface area contributed by atoms with Crippen molar-refractivity contribution in [2.75, 3.05) is 6.61 Å². The van der Waals surface area contributed by atoms with E-state index in [0.29, 0.717) is 19.6 Å². The van der Waals surface area contributed by atoms with Crippen LogP contribution in [0.5, 0.6) is 0 Å². The zero-order valence-electron chi connectivity index (χ0n) is 18.5. The molecule has 31 heavy (non-hydrogen) atoms. The van der Waals surface area contributed by atoms with Crippen LogP contribution in [0.25, 0.3) is 10.9 Å². The van der Waals surface area contributed by atoms with Gasteiger partial charge >= 0.3 is 5.97 Å². The van der Waals surface area contributed by atoms with E-state index in [9.17, 15) is 9.59 Å². The molecule has 1 atom stereocenters. The summed E-state index contributed by atoms with van der Waals surface area (Å²) in [6.45, 7) is 5.82. The number of hydrogen-bond acceptors (Lipinski definition) is 4. The minimum atomic E-state index is -0.115. The fourth-order valence-corrected chi connectivity index (χ4v) is 4.75. The summed E-state index contributed by atoms with van der Waals surface area (Å²) in [6.07, 6.45) is 8.80. The highest BCUT2D eigenvalue weighted by Crippen LogP contribution is 2.35. The monoisotopic (exact) mass is 421 g/mol. The lowest BCUT2D eigenvalue weighted by Crippen LogP contribution is -2.27. The van der Waals surface area contributed by atoms with Crippen LogP contribution in [0.2, 0.25) is 0 Å². The Morgan fingerprint density at radius 3 is 2.84 bits per heavy atom. The summed E-state index contributed by atoms with van der Waals surface area (Å²) in [4.78, 5) is 29.3. The van der Waals surface area contributed by atoms with Crippen LogP contribution < -0.4 is 0 Å². The van der Waals surface area contributed by atoms with Crippen molar-refractivity contribution in [3.05, 3.63) is 53.7 Å². The Bertz CT molecular complexity index is 1080. The first kappa shape index (κ1) is 21.3. The second-order valence-corrected chi connectivity index (χ2v) is 8.33. The minimum absolute atomic E-state index is 0.00997. The van der Waals surface area contributed by atoms with Gasteiger partial charge in [-0.2, -0.15) is 0 Å². The molecule has 6 heteroatoms. The number of Topliss-reactive ketones (excluding diaryl/α,β-unsaturated/α-hetero) is 1. The molecule has 164 valence electrons. The summed E-state index contributed by atoms with van der Waals surface area (Å²) >= 11 is 0. The lowest BCUT2D eigenvalue weighted by molar-refractivity contribution is -0.143. The average Bonchev–Trinajstić information content (AvgIpc) is 3.31. The molecule has 0 bridgehead atoms.